The van der Waals surface area contributed by atoms with Gasteiger partial charge in [-0.1, -0.05) is 23.8 Å². The van der Waals surface area contributed by atoms with Crippen molar-refractivity contribution in [1.82, 2.24) is 4.98 Å². The lowest BCUT2D eigenvalue weighted by Gasteiger charge is -2.10. The Morgan fingerprint density at radius 3 is 2.68 bits per heavy atom. The van der Waals surface area contributed by atoms with Crippen LogP contribution in [0.15, 0.2) is 22.6 Å². The summed E-state index contributed by atoms with van der Waals surface area (Å²) >= 11 is 5.06. The van der Waals surface area contributed by atoms with Crippen LogP contribution in [0, 0.1) is 20.8 Å². The van der Waals surface area contributed by atoms with Crippen LogP contribution in [0.5, 0.6) is 0 Å². The second-order valence-corrected chi connectivity index (χ2v) is 4.96. The quantitative estimate of drug-likeness (QED) is 0.840. The summed E-state index contributed by atoms with van der Waals surface area (Å²) in [5, 5.41) is 3.25. The van der Waals surface area contributed by atoms with E-state index in [2.05, 4.69) is 10.3 Å². The van der Waals surface area contributed by atoms with Crippen molar-refractivity contribution in [1.29, 1.82) is 0 Å². The van der Waals surface area contributed by atoms with Crippen LogP contribution in [-0.2, 0) is 6.54 Å². The summed E-state index contributed by atoms with van der Waals surface area (Å²) in [4.78, 5) is 4.70. The maximum Gasteiger partial charge on any atom is 0.213 e. The Balaban J connectivity index is 2.17. The molecule has 0 saturated heterocycles. The van der Waals surface area contributed by atoms with Crippen molar-refractivity contribution < 1.29 is 4.42 Å². The van der Waals surface area contributed by atoms with Crippen LogP contribution in [0.3, 0.4) is 0 Å². The fourth-order valence-electron chi connectivity index (χ4n) is 1.80. The summed E-state index contributed by atoms with van der Waals surface area (Å²) < 4.78 is 5.52. The van der Waals surface area contributed by atoms with Crippen LogP contribution in [0.1, 0.15) is 28.5 Å². The molecule has 0 unspecified atom stereocenters. The molecule has 100 valence electrons. The highest BCUT2D eigenvalue weighted by Gasteiger charge is 2.08. The maximum atomic E-state index is 5.73. The molecule has 1 aromatic carbocycles. The zero-order chi connectivity index (χ0) is 14.0. The van der Waals surface area contributed by atoms with E-state index < -0.39 is 0 Å². The molecule has 0 aliphatic heterocycles. The number of thiocarbonyl (C=S) groups is 1. The number of nitrogens with one attached hydrogen (secondary N) is 1. The van der Waals surface area contributed by atoms with E-state index in [1.165, 1.54) is 0 Å². The van der Waals surface area contributed by atoms with Crippen molar-refractivity contribution in [3.05, 3.63) is 46.7 Å². The standard InChI is InChI=1S/C14H17N3OS/c1-8-4-5-12(11(6-8)14(15)19)16-7-13-17-9(2)10(3)18-13/h4-6,16H,7H2,1-3H3,(H2,15,19). The zero-order valence-corrected chi connectivity index (χ0v) is 12.1. The lowest BCUT2D eigenvalue weighted by molar-refractivity contribution is 0.478. The van der Waals surface area contributed by atoms with Crippen molar-refractivity contribution in [2.75, 3.05) is 5.32 Å². The minimum atomic E-state index is 0.381. The fraction of sp³-hybridized carbons (Fsp3) is 0.286. The van der Waals surface area contributed by atoms with Gasteiger partial charge in [-0.15, -0.1) is 0 Å². The molecule has 0 amide bonds. The molecule has 0 spiro atoms. The number of aryl methyl sites for hydroxylation is 3. The molecule has 0 aliphatic rings. The van der Waals surface area contributed by atoms with Gasteiger partial charge in [-0.25, -0.2) is 4.98 Å². The number of hydrogen-bond donors (Lipinski definition) is 2. The highest BCUT2D eigenvalue weighted by Crippen LogP contribution is 2.18. The first-order valence-electron chi connectivity index (χ1n) is 6.04. The molecular formula is C14H17N3OS. The average molecular weight is 275 g/mol. The molecule has 0 saturated carbocycles. The smallest absolute Gasteiger partial charge is 0.213 e. The minimum Gasteiger partial charge on any atom is -0.444 e. The predicted molar refractivity (Wildman–Crippen MR) is 80.4 cm³/mol. The molecule has 5 heteroatoms. The number of rotatable bonds is 4. The molecule has 0 atom stereocenters. The van der Waals surface area contributed by atoms with Gasteiger partial charge in [0.15, 0.2) is 0 Å². The van der Waals surface area contributed by atoms with Crippen LogP contribution >= 0.6 is 12.2 Å². The molecule has 0 bridgehead atoms. The predicted octanol–water partition coefficient (Wildman–Crippen LogP) is 2.85. The number of benzene rings is 1. The molecular weight excluding hydrogens is 258 g/mol. The van der Waals surface area contributed by atoms with Crippen LogP contribution in [-0.4, -0.2) is 9.97 Å². The Kier molecular flexibility index (Phi) is 3.85. The number of nitrogens with two attached hydrogens (primary N) is 1. The van der Waals surface area contributed by atoms with Crippen molar-refractivity contribution in [3.63, 3.8) is 0 Å². The molecule has 0 aliphatic carbocycles. The number of oxazole rings is 1. The maximum absolute atomic E-state index is 5.73. The first-order valence-corrected chi connectivity index (χ1v) is 6.45. The molecule has 2 rings (SSSR count). The number of aromatic nitrogens is 1. The average Bonchev–Trinajstić information content (AvgIpc) is 2.67. The minimum absolute atomic E-state index is 0.381. The first-order chi connectivity index (χ1) is 8.97. The van der Waals surface area contributed by atoms with E-state index in [9.17, 15) is 0 Å². The van der Waals surface area contributed by atoms with E-state index >= 15 is 0 Å². The van der Waals surface area contributed by atoms with E-state index in [0.717, 1.165) is 28.3 Å². The van der Waals surface area contributed by atoms with Gasteiger partial charge >= 0.3 is 0 Å². The largest absolute Gasteiger partial charge is 0.444 e. The van der Waals surface area contributed by atoms with Gasteiger partial charge in [0.2, 0.25) is 5.89 Å². The summed E-state index contributed by atoms with van der Waals surface area (Å²) in [5.41, 5.74) is 9.50. The Labute approximate surface area is 118 Å². The van der Waals surface area contributed by atoms with Gasteiger partial charge in [-0.2, -0.15) is 0 Å². The molecule has 1 heterocycles. The summed E-state index contributed by atoms with van der Waals surface area (Å²) in [5.74, 6) is 1.50. The third-order valence-electron chi connectivity index (χ3n) is 2.94. The highest BCUT2D eigenvalue weighted by molar-refractivity contribution is 7.80. The van der Waals surface area contributed by atoms with Crippen LogP contribution in [0.25, 0.3) is 0 Å². The van der Waals surface area contributed by atoms with Crippen LogP contribution < -0.4 is 11.1 Å². The van der Waals surface area contributed by atoms with Gasteiger partial charge in [0, 0.05) is 11.3 Å². The van der Waals surface area contributed by atoms with Gasteiger partial charge in [-0.05, 0) is 32.9 Å². The topological polar surface area (TPSA) is 64.1 Å². The second kappa shape index (κ2) is 5.40. The van der Waals surface area contributed by atoms with Gasteiger partial charge < -0.3 is 15.5 Å². The summed E-state index contributed by atoms with van der Waals surface area (Å²) in [6.45, 7) is 6.34. The Hall–Kier alpha value is -1.88. The van der Waals surface area contributed by atoms with Crippen molar-refractivity contribution >= 4 is 22.9 Å². The molecule has 0 radical (unpaired) electrons. The summed E-state index contributed by atoms with van der Waals surface area (Å²) in [6.07, 6.45) is 0. The third kappa shape index (κ3) is 3.12. The Morgan fingerprint density at radius 1 is 1.37 bits per heavy atom. The van der Waals surface area contributed by atoms with E-state index in [1.807, 2.05) is 39.0 Å². The monoisotopic (exact) mass is 275 g/mol. The normalized spacial score (nSPS) is 10.5. The highest BCUT2D eigenvalue weighted by atomic mass is 32.1. The van der Waals surface area contributed by atoms with Gasteiger partial charge in [-0.3, -0.25) is 0 Å². The summed E-state index contributed by atoms with van der Waals surface area (Å²) in [6, 6.07) is 5.94. The molecule has 2 aromatic rings. The number of hydrogen-bond acceptors (Lipinski definition) is 4. The lowest BCUT2D eigenvalue weighted by Crippen LogP contribution is -2.13. The van der Waals surface area contributed by atoms with Gasteiger partial charge in [0.1, 0.15) is 10.7 Å². The van der Waals surface area contributed by atoms with Crippen LogP contribution in [0.4, 0.5) is 5.69 Å². The SMILES string of the molecule is Cc1ccc(NCc2nc(C)c(C)o2)c(C(N)=S)c1. The molecule has 4 nitrogen and oxygen atoms in total. The number of nitrogens with zero attached hydrogens (tertiary/aromatic N) is 1. The summed E-state index contributed by atoms with van der Waals surface area (Å²) in [7, 11) is 0. The lowest BCUT2D eigenvalue weighted by atomic mass is 10.1. The van der Waals surface area contributed by atoms with E-state index in [0.29, 0.717) is 17.4 Å². The molecule has 0 fully saturated rings. The third-order valence-corrected chi connectivity index (χ3v) is 3.16. The fourth-order valence-corrected chi connectivity index (χ4v) is 1.97. The van der Waals surface area contributed by atoms with Crippen LogP contribution in [0.2, 0.25) is 0 Å². The first kappa shape index (κ1) is 13.5. The van der Waals surface area contributed by atoms with E-state index in [4.69, 9.17) is 22.4 Å². The Bertz CT molecular complexity index is 600. The van der Waals surface area contributed by atoms with Gasteiger partial charge in [0.05, 0.1) is 12.2 Å². The zero-order valence-electron chi connectivity index (χ0n) is 11.3. The second-order valence-electron chi connectivity index (χ2n) is 4.52. The van der Waals surface area contributed by atoms with Crippen molar-refractivity contribution in [2.45, 2.75) is 27.3 Å². The van der Waals surface area contributed by atoms with Crippen molar-refractivity contribution in [2.24, 2.45) is 5.73 Å². The van der Waals surface area contributed by atoms with Gasteiger partial charge in [0.25, 0.3) is 0 Å². The number of anilines is 1. The Morgan fingerprint density at radius 2 is 2.11 bits per heavy atom. The van der Waals surface area contributed by atoms with E-state index in [1.54, 1.807) is 0 Å². The van der Waals surface area contributed by atoms with E-state index in [-0.39, 0.29) is 0 Å². The molecule has 3 N–H and O–H groups in total. The van der Waals surface area contributed by atoms with Crippen molar-refractivity contribution in [3.8, 4) is 0 Å². The molecule has 1 aromatic heterocycles. The molecule has 19 heavy (non-hydrogen) atoms.